The molecule has 22 heavy (non-hydrogen) atoms. The van der Waals surface area contributed by atoms with Gasteiger partial charge in [-0.2, -0.15) is 0 Å². The summed E-state index contributed by atoms with van der Waals surface area (Å²) in [6, 6.07) is 9.94. The third kappa shape index (κ3) is 6.26. The van der Waals surface area contributed by atoms with Crippen molar-refractivity contribution in [2.45, 2.75) is 46.2 Å². The van der Waals surface area contributed by atoms with Crippen LogP contribution < -0.4 is 16.0 Å². The molecule has 0 spiro atoms. The Hall–Kier alpha value is -1.88. The molecule has 1 aromatic rings. The summed E-state index contributed by atoms with van der Waals surface area (Å²) in [4.78, 5) is 23.5. The van der Waals surface area contributed by atoms with Crippen molar-refractivity contribution in [1.29, 1.82) is 0 Å². The number of hydrogen-bond donors (Lipinski definition) is 3. The van der Waals surface area contributed by atoms with Crippen molar-refractivity contribution < 1.29 is 14.9 Å². The van der Waals surface area contributed by atoms with E-state index in [1.54, 1.807) is 0 Å². The molecule has 122 valence electrons. The second-order valence-electron chi connectivity index (χ2n) is 5.95. The van der Waals surface area contributed by atoms with E-state index in [9.17, 15) is 9.59 Å². The summed E-state index contributed by atoms with van der Waals surface area (Å²) in [7, 11) is 0. The fourth-order valence-corrected chi connectivity index (χ4v) is 2.24. The van der Waals surface area contributed by atoms with Crippen LogP contribution in [-0.2, 0) is 4.79 Å². The van der Waals surface area contributed by atoms with Crippen molar-refractivity contribution >= 4 is 11.9 Å². The molecule has 0 aromatic heterocycles. The van der Waals surface area contributed by atoms with Crippen LogP contribution in [0.2, 0.25) is 0 Å². The normalized spacial score (nSPS) is 13.5. The van der Waals surface area contributed by atoms with E-state index >= 15 is 0 Å². The Bertz CT molecular complexity index is 474. The van der Waals surface area contributed by atoms with E-state index in [0.29, 0.717) is 5.92 Å². The number of nitrogens with one attached hydrogen (secondary N) is 2. The number of amides is 3. The molecule has 2 atom stereocenters. The molecule has 0 fully saturated rings. The summed E-state index contributed by atoms with van der Waals surface area (Å²) in [6.07, 6.45) is 0.831. The molecular formula is C17H28N3O2+. The number of rotatable bonds is 7. The molecule has 0 aliphatic carbocycles. The zero-order chi connectivity index (χ0) is 16.5. The SMILES string of the molecule is CC[C@H](C)NC(=O)NC(=O)C[NH2+][C@@H](c1ccccc1)C(C)C. The highest BCUT2D eigenvalue weighted by Gasteiger charge is 2.20. The van der Waals surface area contributed by atoms with Crippen LogP contribution in [0, 0.1) is 5.92 Å². The first-order valence-corrected chi connectivity index (χ1v) is 7.92. The van der Waals surface area contributed by atoms with Crippen LogP contribution in [-0.4, -0.2) is 24.5 Å². The first-order valence-electron chi connectivity index (χ1n) is 7.92. The molecule has 1 rings (SSSR count). The van der Waals surface area contributed by atoms with Crippen molar-refractivity contribution in [1.82, 2.24) is 10.6 Å². The van der Waals surface area contributed by atoms with E-state index in [2.05, 4.69) is 36.6 Å². The Balaban J connectivity index is 2.49. The van der Waals surface area contributed by atoms with E-state index in [0.717, 1.165) is 6.42 Å². The number of carbonyl (C=O) groups is 2. The summed E-state index contributed by atoms with van der Waals surface area (Å²) in [6.45, 7) is 8.36. The van der Waals surface area contributed by atoms with Gasteiger partial charge in [0.15, 0.2) is 6.54 Å². The van der Waals surface area contributed by atoms with Crippen molar-refractivity contribution in [3.05, 3.63) is 35.9 Å². The molecule has 5 nitrogen and oxygen atoms in total. The van der Waals surface area contributed by atoms with Gasteiger partial charge in [-0.15, -0.1) is 0 Å². The van der Waals surface area contributed by atoms with Crippen LogP contribution in [0.1, 0.15) is 45.7 Å². The minimum atomic E-state index is -0.423. The number of benzene rings is 1. The number of hydrogen-bond acceptors (Lipinski definition) is 2. The molecule has 0 bridgehead atoms. The van der Waals surface area contributed by atoms with Crippen LogP contribution in [0.15, 0.2) is 30.3 Å². The van der Waals surface area contributed by atoms with Gasteiger partial charge in [0.05, 0.1) is 0 Å². The Morgan fingerprint density at radius 2 is 1.77 bits per heavy atom. The monoisotopic (exact) mass is 306 g/mol. The van der Waals surface area contributed by atoms with E-state index in [1.165, 1.54) is 5.56 Å². The third-order valence-corrected chi connectivity index (χ3v) is 3.70. The summed E-state index contributed by atoms with van der Waals surface area (Å²) < 4.78 is 0. The molecule has 0 saturated carbocycles. The van der Waals surface area contributed by atoms with Crippen LogP contribution in [0.25, 0.3) is 0 Å². The van der Waals surface area contributed by atoms with Gasteiger partial charge >= 0.3 is 6.03 Å². The number of imide groups is 1. The molecule has 0 saturated heterocycles. The van der Waals surface area contributed by atoms with Crippen molar-refractivity contribution in [2.24, 2.45) is 5.92 Å². The van der Waals surface area contributed by atoms with Crippen LogP contribution in [0.4, 0.5) is 4.79 Å². The standard InChI is InChI=1S/C17H27N3O2/c1-5-13(4)19-17(22)20-15(21)11-18-16(12(2)3)14-9-7-6-8-10-14/h6-10,12-13,16,18H,5,11H2,1-4H3,(H2,19,20,21,22)/p+1/t13-,16+/m0/s1. The molecule has 0 aliphatic rings. The molecule has 3 amide bonds. The summed E-state index contributed by atoms with van der Waals surface area (Å²) in [5.41, 5.74) is 1.19. The van der Waals surface area contributed by atoms with Gasteiger partial charge in [0.2, 0.25) is 0 Å². The van der Waals surface area contributed by atoms with Gasteiger partial charge in [-0.1, -0.05) is 51.1 Å². The zero-order valence-electron chi connectivity index (χ0n) is 13.9. The first kappa shape index (κ1) is 18.2. The number of urea groups is 1. The number of quaternary nitrogens is 1. The molecule has 0 aliphatic heterocycles. The predicted octanol–water partition coefficient (Wildman–Crippen LogP) is 1.57. The van der Waals surface area contributed by atoms with E-state index in [1.807, 2.05) is 37.4 Å². The molecule has 0 radical (unpaired) electrons. The summed E-state index contributed by atoms with van der Waals surface area (Å²) >= 11 is 0. The highest BCUT2D eigenvalue weighted by Crippen LogP contribution is 2.16. The lowest BCUT2D eigenvalue weighted by molar-refractivity contribution is -0.692. The van der Waals surface area contributed by atoms with Gasteiger partial charge in [0.25, 0.3) is 5.91 Å². The lowest BCUT2D eigenvalue weighted by atomic mass is 9.96. The second-order valence-corrected chi connectivity index (χ2v) is 5.95. The molecule has 1 aromatic carbocycles. The molecule has 5 heteroatoms. The van der Waals surface area contributed by atoms with Gasteiger partial charge in [-0.3, -0.25) is 10.1 Å². The zero-order valence-corrected chi connectivity index (χ0v) is 13.9. The minimum Gasteiger partial charge on any atom is -0.335 e. The summed E-state index contributed by atoms with van der Waals surface area (Å²) in [5.74, 6) is 0.117. The van der Waals surface area contributed by atoms with E-state index in [4.69, 9.17) is 0 Å². The van der Waals surface area contributed by atoms with Crippen molar-refractivity contribution in [2.75, 3.05) is 6.54 Å². The largest absolute Gasteiger partial charge is 0.335 e. The highest BCUT2D eigenvalue weighted by atomic mass is 16.2. The van der Waals surface area contributed by atoms with Crippen LogP contribution >= 0.6 is 0 Å². The Morgan fingerprint density at radius 1 is 1.14 bits per heavy atom. The second kappa shape index (κ2) is 9.20. The van der Waals surface area contributed by atoms with E-state index in [-0.39, 0.29) is 24.5 Å². The van der Waals surface area contributed by atoms with E-state index < -0.39 is 6.03 Å². The smallest absolute Gasteiger partial charge is 0.321 e. The molecule has 0 unspecified atom stereocenters. The first-order chi connectivity index (χ1) is 10.4. The lowest BCUT2D eigenvalue weighted by Crippen LogP contribution is -2.88. The van der Waals surface area contributed by atoms with Crippen LogP contribution in [0.3, 0.4) is 0 Å². The molecular weight excluding hydrogens is 278 g/mol. The maximum absolute atomic E-state index is 11.9. The quantitative estimate of drug-likeness (QED) is 0.715. The van der Waals surface area contributed by atoms with Crippen molar-refractivity contribution in [3.63, 3.8) is 0 Å². The van der Waals surface area contributed by atoms with Crippen molar-refractivity contribution in [3.8, 4) is 0 Å². The molecule has 0 heterocycles. The minimum absolute atomic E-state index is 0.0597. The average Bonchev–Trinajstić information content (AvgIpc) is 2.47. The number of nitrogens with two attached hydrogens (primary N) is 1. The predicted molar refractivity (Wildman–Crippen MR) is 87.2 cm³/mol. The Morgan fingerprint density at radius 3 is 2.32 bits per heavy atom. The highest BCUT2D eigenvalue weighted by molar-refractivity contribution is 5.94. The average molecular weight is 306 g/mol. The lowest BCUT2D eigenvalue weighted by Gasteiger charge is -2.19. The Kier molecular flexibility index (Phi) is 7.60. The molecule has 4 N–H and O–H groups in total. The fraction of sp³-hybridized carbons (Fsp3) is 0.529. The fourth-order valence-electron chi connectivity index (χ4n) is 2.24. The number of carbonyl (C=O) groups excluding carboxylic acids is 2. The Labute approximate surface area is 132 Å². The third-order valence-electron chi connectivity index (χ3n) is 3.70. The topological polar surface area (TPSA) is 74.8 Å². The van der Waals surface area contributed by atoms with Gasteiger partial charge in [0.1, 0.15) is 6.04 Å². The van der Waals surface area contributed by atoms with Gasteiger partial charge in [-0.05, 0) is 13.3 Å². The van der Waals surface area contributed by atoms with Crippen LogP contribution in [0.5, 0.6) is 0 Å². The maximum Gasteiger partial charge on any atom is 0.321 e. The maximum atomic E-state index is 11.9. The van der Waals surface area contributed by atoms with Gasteiger partial charge in [0, 0.05) is 17.5 Å². The van der Waals surface area contributed by atoms with Gasteiger partial charge < -0.3 is 10.6 Å². The summed E-state index contributed by atoms with van der Waals surface area (Å²) in [5, 5.41) is 7.07. The van der Waals surface area contributed by atoms with Gasteiger partial charge in [-0.25, -0.2) is 4.79 Å².